The molecular formula is C58H56N16O18S7. The molecule has 3 aromatic heterocycles. The molecule has 0 radical (unpaired) electrons. The fourth-order valence-corrected chi connectivity index (χ4v) is 14.2. The molecule has 41 heteroatoms. The number of pyridine rings is 1. The SMILES string of the molecule is COc1ccc2c(c1)nc1c(C#N)c(C)c(N=Nc3cc(Nc4ncnc(Nc5ccccc5S(=O)(=O)O)n4)c(N=Nc4cc(C)c(N=Nc5cc(C)c(N=Nc6ccccc6S(=O)(=O)O)cc5SCCCS(=O)(=O)O)cc4SCCCS(=O)(=O)O)cc3OCCCS(=O)(=O)O)c(O)n12. The van der Waals surface area contributed by atoms with Gasteiger partial charge in [-0.15, -0.1) is 54.2 Å². The lowest BCUT2D eigenvalue weighted by Crippen LogP contribution is -2.08. The molecule has 0 fully saturated rings. The second-order valence-electron chi connectivity index (χ2n) is 21.0. The van der Waals surface area contributed by atoms with Crippen LogP contribution in [0, 0.1) is 32.1 Å². The molecule has 6 aromatic carbocycles. The summed E-state index contributed by atoms with van der Waals surface area (Å²) in [5, 5.41) is 63.7. The first kappa shape index (κ1) is 73.7. The number of methoxy groups -OCH3 is 1. The van der Waals surface area contributed by atoms with Crippen molar-refractivity contribution in [1.29, 1.82) is 5.26 Å². The van der Waals surface area contributed by atoms with Gasteiger partial charge < -0.3 is 25.2 Å². The highest BCUT2D eigenvalue weighted by Gasteiger charge is 2.24. The van der Waals surface area contributed by atoms with E-state index in [2.05, 4.69) is 77.6 Å². The predicted molar refractivity (Wildman–Crippen MR) is 365 cm³/mol. The average molecular weight is 1490 g/mol. The number of hydrogen-bond donors (Lipinski definition) is 8. The smallest absolute Gasteiger partial charge is 0.296 e. The van der Waals surface area contributed by atoms with Gasteiger partial charge in [0.15, 0.2) is 11.3 Å². The molecule has 0 atom stereocenters. The summed E-state index contributed by atoms with van der Waals surface area (Å²) >= 11 is 2.21. The summed E-state index contributed by atoms with van der Waals surface area (Å²) in [6, 6.07) is 26.5. The number of nitriles is 1. The van der Waals surface area contributed by atoms with E-state index in [0.29, 0.717) is 37.7 Å². The third kappa shape index (κ3) is 19.6. The molecule has 0 spiro atoms. The minimum Gasteiger partial charge on any atom is -0.497 e. The van der Waals surface area contributed by atoms with E-state index in [-0.39, 0.29) is 129 Å². The van der Waals surface area contributed by atoms with E-state index in [9.17, 15) is 75.2 Å². The number of nitrogens with zero attached hydrogens (tertiary/aromatic N) is 14. The van der Waals surface area contributed by atoms with E-state index >= 15 is 0 Å². The Hall–Kier alpha value is -9.58. The van der Waals surface area contributed by atoms with Crippen molar-refractivity contribution in [2.75, 3.05) is 53.1 Å². The Morgan fingerprint density at radius 2 is 1.07 bits per heavy atom. The number of aromatic nitrogens is 5. The van der Waals surface area contributed by atoms with Crippen molar-refractivity contribution in [3.63, 3.8) is 0 Å². The molecule has 0 aliphatic rings. The molecule has 0 aliphatic heterocycles. The van der Waals surface area contributed by atoms with Gasteiger partial charge in [0, 0.05) is 27.5 Å². The van der Waals surface area contributed by atoms with Gasteiger partial charge >= 0.3 is 0 Å². The zero-order chi connectivity index (χ0) is 71.6. The zero-order valence-electron chi connectivity index (χ0n) is 52.0. The molecule has 34 nitrogen and oxygen atoms in total. The molecule has 0 aliphatic carbocycles. The number of imidazole rings is 1. The molecule has 3 heterocycles. The summed E-state index contributed by atoms with van der Waals surface area (Å²) in [6.45, 7) is 4.43. The van der Waals surface area contributed by atoms with Crippen molar-refractivity contribution in [2.45, 2.75) is 59.6 Å². The number of para-hydroxylation sites is 1. The molecule has 99 heavy (non-hydrogen) atoms. The monoisotopic (exact) mass is 1490 g/mol. The largest absolute Gasteiger partial charge is 0.497 e. The van der Waals surface area contributed by atoms with Crippen LogP contribution >= 0.6 is 23.5 Å². The van der Waals surface area contributed by atoms with Gasteiger partial charge in [-0.05, 0) is 129 Å². The van der Waals surface area contributed by atoms with Crippen LogP contribution < -0.4 is 20.1 Å². The number of anilines is 4. The third-order valence-electron chi connectivity index (χ3n) is 13.8. The molecule has 0 saturated heterocycles. The Morgan fingerprint density at radius 3 is 1.64 bits per heavy atom. The number of azo groups is 4. The Kier molecular flexibility index (Phi) is 23.1. The first-order valence-electron chi connectivity index (χ1n) is 28.6. The number of rotatable bonds is 30. The minimum absolute atomic E-state index is 0.000960. The first-order valence-corrected chi connectivity index (χ1v) is 38.3. The lowest BCUT2D eigenvalue weighted by molar-refractivity contribution is 0.317. The number of aryl methyl sites for hydroxylation is 2. The number of fused-ring (bicyclic) bond motifs is 3. The highest BCUT2D eigenvalue weighted by Crippen LogP contribution is 2.46. The Balaban J connectivity index is 1.17. The Labute approximate surface area is 573 Å². The molecule has 0 saturated carbocycles. The molecular weight excluding hydrogens is 1430 g/mol. The average Bonchev–Trinajstić information content (AvgIpc) is 1.60. The van der Waals surface area contributed by atoms with Crippen LogP contribution in [0.5, 0.6) is 17.4 Å². The van der Waals surface area contributed by atoms with Crippen LogP contribution in [-0.2, 0) is 50.6 Å². The van der Waals surface area contributed by atoms with Crippen molar-refractivity contribution in [3.05, 3.63) is 132 Å². The van der Waals surface area contributed by atoms with E-state index in [1.807, 2.05) is 0 Å². The standard InChI is InChI=1S/C58H56N16O18S7/c1-33-24-46(50(93-19-10-22-96(79,80)81)29-40(33)67-66-39-13-6-8-15-53(39)99(88,89)90)71-68-41-30-51(94-20-11-23-97(82,83)84)47(25-34(41)2)72-69-43-28-49(92-18-9-21-95(76,77)78)45(27-42(43)64-58-61-32-60-57(65-58)63-38-12-5-7-14-52(38)98(85,86)87)70-73-54-35(3)37(31-59)55-62-44-26-36(91-4)16-17-48(44)74(55)56(54)75/h5-8,12-17,24-30,32,75H,9-11,18-23H2,1-4H3,(H,76,77,78)(H,79,80,81)(H,82,83,84)(H,85,86,87)(H,88,89,90)(H2,60,61,63,64,65). The second kappa shape index (κ2) is 31.1. The van der Waals surface area contributed by atoms with E-state index < -0.39 is 83.5 Å². The van der Waals surface area contributed by atoms with Gasteiger partial charge in [0.1, 0.15) is 56.3 Å². The van der Waals surface area contributed by atoms with Gasteiger partial charge in [0.25, 0.3) is 50.6 Å². The van der Waals surface area contributed by atoms with Crippen LogP contribution in [0.4, 0.5) is 68.8 Å². The minimum atomic E-state index is -4.76. The van der Waals surface area contributed by atoms with E-state index in [1.165, 1.54) is 67.0 Å². The van der Waals surface area contributed by atoms with E-state index in [0.717, 1.165) is 42.0 Å². The van der Waals surface area contributed by atoms with Crippen LogP contribution in [0.2, 0.25) is 0 Å². The normalized spacial score (nSPS) is 12.6. The van der Waals surface area contributed by atoms with Gasteiger partial charge in [-0.25, -0.2) is 15.0 Å². The van der Waals surface area contributed by atoms with Crippen LogP contribution in [-0.4, -0.2) is 137 Å². The lowest BCUT2D eigenvalue weighted by atomic mass is 10.1. The third-order valence-corrected chi connectivity index (χ3v) is 20.3. The molecule has 8 N–H and O–H groups in total. The number of aromatic hydroxyl groups is 1. The van der Waals surface area contributed by atoms with Crippen molar-refractivity contribution in [1.82, 2.24) is 24.3 Å². The Morgan fingerprint density at radius 1 is 0.556 bits per heavy atom. The van der Waals surface area contributed by atoms with Gasteiger partial charge in [-0.1, -0.05) is 24.3 Å². The zero-order valence-corrected chi connectivity index (χ0v) is 57.7. The molecule has 0 unspecified atom stereocenters. The van der Waals surface area contributed by atoms with Crippen LogP contribution in [0.15, 0.2) is 170 Å². The molecule has 518 valence electrons. The van der Waals surface area contributed by atoms with Crippen LogP contribution in [0.1, 0.15) is 41.5 Å². The number of hydrogen-bond acceptors (Lipinski definition) is 30. The summed E-state index contributed by atoms with van der Waals surface area (Å²) in [5.41, 5.74) is 1.88. The van der Waals surface area contributed by atoms with Gasteiger partial charge in [0.05, 0.1) is 76.1 Å². The summed E-state index contributed by atoms with van der Waals surface area (Å²) in [6.07, 6.45) is 0.730. The fourth-order valence-electron chi connectivity index (χ4n) is 9.15. The maximum atomic E-state index is 12.3. The fraction of sp³-hybridized carbons (Fsp3) is 0.224. The number of ether oxygens (including phenoxy) is 2. The maximum Gasteiger partial charge on any atom is 0.296 e. The van der Waals surface area contributed by atoms with E-state index in [1.54, 1.807) is 56.3 Å². The highest BCUT2D eigenvalue weighted by molar-refractivity contribution is 7.99. The molecule has 0 bridgehead atoms. The maximum absolute atomic E-state index is 12.3. The lowest BCUT2D eigenvalue weighted by Gasteiger charge is -2.14. The molecule has 0 amide bonds. The van der Waals surface area contributed by atoms with Crippen molar-refractivity contribution >= 4 is 160 Å². The number of nitrogens with one attached hydrogen (secondary N) is 2. The first-order chi connectivity index (χ1) is 46.7. The number of thioether (sulfide) groups is 2. The summed E-state index contributed by atoms with van der Waals surface area (Å²) in [4.78, 5) is 17.0. The van der Waals surface area contributed by atoms with E-state index in [4.69, 9.17) is 9.47 Å². The predicted octanol–water partition coefficient (Wildman–Crippen LogP) is 13.2. The summed E-state index contributed by atoms with van der Waals surface area (Å²) in [7, 11) is -21.2. The highest BCUT2D eigenvalue weighted by atomic mass is 32.2. The molecule has 9 aromatic rings. The van der Waals surface area contributed by atoms with Crippen molar-refractivity contribution < 1.29 is 79.4 Å². The summed E-state index contributed by atoms with van der Waals surface area (Å²) < 4.78 is 181. The number of benzene rings is 6. The quantitative estimate of drug-likeness (QED) is 0.00897. The summed E-state index contributed by atoms with van der Waals surface area (Å²) in [5.74, 6) is -2.39. The van der Waals surface area contributed by atoms with Crippen molar-refractivity contribution in [3.8, 4) is 23.4 Å². The van der Waals surface area contributed by atoms with Gasteiger partial charge in [0.2, 0.25) is 17.8 Å². The van der Waals surface area contributed by atoms with Crippen LogP contribution in [0.25, 0.3) is 16.7 Å². The van der Waals surface area contributed by atoms with Gasteiger partial charge in [-0.2, -0.15) is 62.6 Å². The Bertz CT molecular complexity index is 5410. The topological polar surface area (TPSA) is 513 Å². The molecule has 9 rings (SSSR count). The van der Waals surface area contributed by atoms with Gasteiger partial charge in [-0.3, -0.25) is 27.2 Å². The second-order valence-corrected chi connectivity index (χ2v) is 30.8. The van der Waals surface area contributed by atoms with Crippen LogP contribution in [0.3, 0.4) is 0 Å². The van der Waals surface area contributed by atoms with Crippen molar-refractivity contribution in [2.24, 2.45) is 40.9 Å².